The average Bonchev–Trinajstić information content (AvgIpc) is 1.65. The molecule has 0 heterocycles. The third-order valence-electron chi connectivity index (χ3n) is 1.74. The van der Waals surface area contributed by atoms with Crippen LogP contribution < -0.4 is 5.73 Å². The molecule has 1 unspecified atom stereocenters. The molecule has 2 N–H and O–H groups in total. The van der Waals surface area contributed by atoms with E-state index in [1.165, 1.54) is 13.8 Å². The van der Waals surface area contributed by atoms with Gasteiger partial charge in [0.05, 0.1) is 0 Å². The lowest BCUT2D eigenvalue weighted by molar-refractivity contribution is 0.00632. The molecule has 0 aliphatic heterocycles. The Bertz CT molecular complexity index is 79.1. The molecule has 0 amide bonds. The van der Waals surface area contributed by atoms with Gasteiger partial charge in [-0.3, -0.25) is 0 Å². The molecular formula is C6H13F2N. The molecule has 0 radical (unpaired) electrons. The maximum absolute atomic E-state index is 12.0. The monoisotopic (exact) mass is 137 g/mol. The fourth-order valence-corrected chi connectivity index (χ4v) is 0.199. The Morgan fingerprint density at radius 1 is 1.33 bits per heavy atom. The van der Waals surface area contributed by atoms with Crippen LogP contribution in [0.1, 0.15) is 20.8 Å². The first kappa shape index (κ1) is 8.82. The average molecular weight is 137 g/mol. The highest BCUT2D eigenvalue weighted by Gasteiger charge is 2.33. The van der Waals surface area contributed by atoms with Crippen LogP contribution in [0.5, 0.6) is 0 Å². The van der Waals surface area contributed by atoms with Crippen molar-refractivity contribution in [3.05, 3.63) is 0 Å². The van der Waals surface area contributed by atoms with Crippen LogP contribution in [0, 0.1) is 5.41 Å². The number of hydrogen-bond donors (Lipinski definition) is 1. The normalized spacial score (nSPS) is 16.3. The van der Waals surface area contributed by atoms with Crippen molar-refractivity contribution in [2.45, 2.75) is 33.2 Å². The zero-order chi connectivity index (χ0) is 7.65. The fraction of sp³-hybridized carbons (Fsp3) is 1.00. The number of rotatable bonds is 2. The molecular weight excluding hydrogens is 124 g/mol. The Morgan fingerprint density at radius 3 is 1.67 bits per heavy atom. The van der Waals surface area contributed by atoms with Crippen LogP contribution >= 0.6 is 0 Å². The molecule has 56 valence electrons. The molecule has 9 heavy (non-hydrogen) atoms. The van der Waals surface area contributed by atoms with Gasteiger partial charge in [-0.15, -0.1) is 0 Å². The van der Waals surface area contributed by atoms with Gasteiger partial charge in [0.2, 0.25) is 6.43 Å². The smallest absolute Gasteiger partial charge is 0.245 e. The molecule has 0 aromatic heterocycles. The highest BCUT2D eigenvalue weighted by Crippen LogP contribution is 2.27. The van der Waals surface area contributed by atoms with Crippen molar-refractivity contribution in [3.63, 3.8) is 0 Å². The number of halogens is 2. The molecule has 0 saturated carbocycles. The lowest BCUT2D eigenvalue weighted by Gasteiger charge is -2.27. The van der Waals surface area contributed by atoms with Gasteiger partial charge in [0.15, 0.2) is 0 Å². The third kappa shape index (κ3) is 1.90. The summed E-state index contributed by atoms with van der Waals surface area (Å²) in [5.41, 5.74) is 4.24. The lowest BCUT2D eigenvalue weighted by Crippen LogP contribution is -2.39. The van der Waals surface area contributed by atoms with E-state index in [0.29, 0.717) is 0 Å². The zero-order valence-corrected chi connectivity index (χ0v) is 5.99. The van der Waals surface area contributed by atoms with Gasteiger partial charge in [0.1, 0.15) is 0 Å². The van der Waals surface area contributed by atoms with E-state index >= 15 is 0 Å². The second-order valence-corrected chi connectivity index (χ2v) is 2.91. The first-order valence-electron chi connectivity index (χ1n) is 2.92. The highest BCUT2D eigenvalue weighted by molar-refractivity contribution is 4.79. The van der Waals surface area contributed by atoms with Gasteiger partial charge in [0.25, 0.3) is 0 Å². The van der Waals surface area contributed by atoms with Crippen LogP contribution in [-0.4, -0.2) is 12.5 Å². The quantitative estimate of drug-likeness (QED) is 0.615. The maximum Gasteiger partial charge on any atom is 0.245 e. The molecule has 0 rings (SSSR count). The molecule has 0 aliphatic carbocycles. The molecule has 3 heteroatoms. The van der Waals surface area contributed by atoms with Gasteiger partial charge in [-0.2, -0.15) is 0 Å². The van der Waals surface area contributed by atoms with Crippen molar-refractivity contribution in [2.75, 3.05) is 0 Å². The molecule has 0 saturated heterocycles. The number of nitrogens with two attached hydrogens (primary N) is 1. The molecule has 0 spiro atoms. The van der Waals surface area contributed by atoms with Crippen LogP contribution in [0.2, 0.25) is 0 Å². The first-order chi connectivity index (χ1) is 3.89. The van der Waals surface area contributed by atoms with E-state index in [9.17, 15) is 8.78 Å². The Kier molecular flexibility index (Phi) is 2.55. The predicted octanol–water partition coefficient (Wildman–Crippen LogP) is 1.62. The van der Waals surface area contributed by atoms with E-state index in [1.54, 1.807) is 6.92 Å². The molecule has 0 bridgehead atoms. The predicted molar refractivity (Wildman–Crippen MR) is 33.4 cm³/mol. The number of hydrogen-bond acceptors (Lipinski definition) is 1. The van der Waals surface area contributed by atoms with Gasteiger partial charge in [-0.05, 0) is 6.92 Å². The summed E-state index contributed by atoms with van der Waals surface area (Å²) in [5, 5.41) is 0. The Morgan fingerprint density at radius 2 is 1.67 bits per heavy atom. The van der Waals surface area contributed by atoms with Crippen molar-refractivity contribution in [1.29, 1.82) is 0 Å². The standard InChI is InChI=1S/C6H13F2N/c1-4(9)6(2,3)5(7)8/h4-5H,9H2,1-3H3. The summed E-state index contributed by atoms with van der Waals surface area (Å²) < 4.78 is 24.0. The van der Waals surface area contributed by atoms with E-state index in [1.807, 2.05) is 0 Å². The van der Waals surface area contributed by atoms with Crippen LogP contribution in [0.15, 0.2) is 0 Å². The van der Waals surface area contributed by atoms with E-state index in [-0.39, 0.29) is 0 Å². The molecule has 0 aromatic rings. The van der Waals surface area contributed by atoms with Crippen molar-refractivity contribution in [3.8, 4) is 0 Å². The van der Waals surface area contributed by atoms with Crippen molar-refractivity contribution >= 4 is 0 Å². The lowest BCUT2D eigenvalue weighted by atomic mass is 9.87. The second-order valence-electron chi connectivity index (χ2n) is 2.91. The summed E-state index contributed by atoms with van der Waals surface area (Å²) in [7, 11) is 0. The molecule has 0 aliphatic rings. The Labute approximate surface area is 54.2 Å². The summed E-state index contributed by atoms with van der Waals surface area (Å²) in [4.78, 5) is 0. The van der Waals surface area contributed by atoms with Crippen LogP contribution in [0.25, 0.3) is 0 Å². The highest BCUT2D eigenvalue weighted by atomic mass is 19.3. The number of alkyl halides is 2. The van der Waals surface area contributed by atoms with E-state index in [2.05, 4.69) is 0 Å². The van der Waals surface area contributed by atoms with Gasteiger partial charge in [-0.1, -0.05) is 13.8 Å². The fourth-order valence-electron chi connectivity index (χ4n) is 0.199. The minimum atomic E-state index is -2.34. The molecule has 0 fully saturated rings. The van der Waals surface area contributed by atoms with Crippen molar-refractivity contribution in [1.82, 2.24) is 0 Å². The topological polar surface area (TPSA) is 26.0 Å². The summed E-state index contributed by atoms with van der Waals surface area (Å²) >= 11 is 0. The summed E-state index contributed by atoms with van der Waals surface area (Å²) in [6, 6.07) is -0.461. The summed E-state index contributed by atoms with van der Waals surface area (Å²) in [6.07, 6.45) is -2.34. The van der Waals surface area contributed by atoms with E-state index in [4.69, 9.17) is 5.73 Å². The maximum atomic E-state index is 12.0. The molecule has 0 aromatic carbocycles. The summed E-state index contributed by atoms with van der Waals surface area (Å²) in [5.74, 6) is 0. The van der Waals surface area contributed by atoms with Crippen LogP contribution in [0.4, 0.5) is 8.78 Å². The largest absolute Gasteiger partial charge is 0.327 e. The van der Waals surface area contributed by atoms with Gasteiger partial charge in [0, 0.05) is 11.5 Å². The minimum absolute atomic E-state index is 0.461. The van der Waals surface area contributed by atoms with Gasteiger partial charge in [-0.25, -0.2) is 8.78 Å². The Balaban J connectivity index is 4.01. The van der Waals surface area contributed by atoms with Crippen LogP contribution in [0.3, 0.4) is 0 Å². The minimum Gasteiger partial charge on any atom is -0.327 e. The third-order valence-corrected chi connectivity index (χ3v) is 1.74. The van der Waals surface area contributed by atoms with E-state index < -0.39 is 17.9 Å². The van der Waals surface area contributed by atoms with Crippen molar-refractivity contribution < 1.29 is 8.78 Å². The van der Waals surface area contributed by atoms with E-state index in [0.717, 1.165) is 0 Å². The SMILES string of the molecule is CC(N)C(C)(C)C(F)F. The van der Waals surface area contributed by atoms with Crippen molar-refractivity contribution in [2.24, 2.45) is 11.1 Å². The molecule has 1 atom stereocenters. The second kappa shape index (κ2) is 2.60. The molecule has 1 nitrogen and oxygen atoms in total. The van der Waals surface area contributed by atoms with Gasteiger partial charge >= 0.3 is 0 Å². The summed E-state index contributed by atoms with van der Waals surface area (Å²) in [6.45, 7) is 4.51. The Hall–Kier alpha value is -0.180. The first-order valence-corrected chi connectivity index (χ1v) is 2.92. The van der Waals surface area contributed by atoms with Gasteiger partial charge < -0.3 is 5.73 Å². The van der Waals surface area contributed by atoms with Crippen LogP contribution in [-0.2, 0) is 0 Å². The zero-order valence-electron chi connectivity index (χ0n) is 5.99.